The summed E-state index contributed by atoms with van der Waals surface area (Å²) in [5.74, 6) is 2.46. The summed E-state index contributed by atoms with van der Waals surface area (Å²) >= 11 is 0. The maximum absolute atomic E-state index is 4.44. The van der Waals surface area contributed by atoms with Crippen molar-refractivity contribution in [2.24, 2.45) is 4.99 Å². The van der Waals surface area contributed by atoms with Gasteiger partial charge in [-0.15, -0.1) is 24.0 Å². The van der Waals surface area contributed by atoms with Gasteiger partial charge in [0.15, 0.2) is 5.96 Å². The Kier molecular flexibility index (Phi) is 7.60. The first-order valence-corrected chi connectivity index (χ1v) is 8.48. The molecule has 0 spiro atoms. The second-order valence-electron chi connectivity index (χ2n) is 6.16. The first-order valence-electron chi connectivity index (χ1n) is 8.48. The zero-order chi connectivity index (χ0) is 16.8. The van der Waals surface area contributed by atoms with Crippen molar-refractivity contribution in [1.82, 2.24) is 30.4 Å². The van der Waals surface area contributed by atoms with Gasteiger partial charge in [0, 0.05) is 45.0 Å². The maximum atomic E-state index is 4.44. The van der Waals surface area contributed by atoms with Gasteiger partial charge in [0.1, 0.15) is 12.2 Å². The number of nitrogens with zero attached hydrogens (tertiary/aromatic N) is 5. The van der Waals surface area contributed by atoms with E-state index in [1.807, 2.05) is 19.4 Å². The summed E-state index contributed by atoms with van der Waals surface area (Å²) in [6, 6.07) is 2.09. The number of halogens is 1. The van der Waals surface area contributed by atoms with Gasteiger partial charge in [-0.05, 0) is 43.4 Å². The van der Waals surface area contributed by atoms with Gasteiger partial charge >= 0.3 is 0 Å². The average molecular weight is 455 g/mol. The fraction of sp³-hybridized carbons (Fsp3) is 0.529. The number of H-pyrrole nitrogens is 1. The molecule has 0 amide bonds. The highest BCUT2D eigenvalue weighted by Crippen LogP contribution is 2.24. The summed E-state index contributed by atoms with van der Waals surface area (Å²) in [7, 11) is 1.85. The maximum Gasteiger partial charge on any atom is 0.193 e. The number of hydrogen-bond donors (Lipinski definition) is 2. The minimum atomic E-state index is 0. The number of aliphatic imine (C=N–C) groups is 1. The highest BCUT2D eigenvalue weighted by Gasteiger charge is 2.24. The first kappa shape index (κ1) is 19.6. The van der Waals surface area contributed by atoms with Crippen LogP contribution in [0.5, 0.6) is 0 Å². The van der Waals surface area contributed by atoms with E-state index in [0.717, 1.165) is 50.7 Å². The van der Waals surface area contributed by atoms with Crippen LogP contribution in [-0.4, -0.2) is 57.7 Å². The molecule has 3 rings (SSSR count). The molecule has 0 radical (unpaired) electrons. The molecule has 7 nitrogen and oxygen atoms in total. The van der Waals surface area contributed by atoms with E-state index in [1.165, 1.54) is 11.1 Å². The van der Waals surface area contributed by atoms with E-state index in [1.54, 1.807) is 6.33 Å². The number of piperidine rings is 1. The molecule has 3 heterocycles. The van der Waals surface area contributed by atoms with Crippen LogP contribution in [0.4, 0.5) is 0 Å². The number of guanidine groups is 1. The highest BCUT2D eigenvalue weighted by atomic mass is 127. The number of aryl methyl sites for hydroxylation is 1. The second-order valence-corrected chi connectivity index (χ2v) is 6.16. The molecular formula is C17H26IN7. The Labute approximate surface area is 165 Å². The van der Waals surface area contributed by atoms with Crippen molar-refractivity contribution in [3.63, 3.8) is 0 Å². The van der Waals surface area contributed by atoms with Crippen LogP contribution in [0, 0.1) is 6.92 Å². The van der Waals surface area contributed by atoms with E-state index in [-0.39, 0.29) is 24.0 Å². The lowest BCUT2D eigenvalue weighted by Gasteiger charge is -2.33. The lowest BCUT2D eigenvalue weighted by atomic mass is 9.96. The zero-order valence-corrected chi connectivity index (χ0v) is 17.1. The summed E-state index contributed by atoms with van der Waals surface area (Å²) < 4.78 is 0. The number of pyridine rings is 1. The molecule has 25 heavy (non-hydrogen) atoms. The van der Waals surface area contributed by atoms with Crippen molar-refractivity contribution in [1.29, 1.82) is 0 Å². The molecule has 2 aromatic rings. The topological polar surface area (TPSA) is 82.1 Å². The monoisotopic (exact) mass is 455 g/mol. The van der Waals surface area contributed by atoms with Crippen LogP contribution >= 0.6 is 24.0 Å². The van der Waals surface area contributed by atoms with Crippen molar-refractivity contribution >= 4 is 29.9 Å². The van der Waals surface area contributed by atoms with Gasteiger partial charge in [0.25, 0.3) is 0 Å². The van der Waals surface area contributed by atoms with Gasteiger partial charge < -0.3 is 10.2 Å². The molecule has 1 saturated heterocycles. The van der Waals surface area contributed by atoms with Gasteiger partial charge in [-0.25, -0.2) is 4.98 Å². The van der Waals surface area contributed by atoms with E-state index in [2.05, 4.69) is 48.4 Å². The van der Waals surface area contributed by atoms with E-state index in [0.29, 0.717) is 5.92 Å². The van der Waals surface area contributed by atoms with Gasteiger partial charge in [-0.3, -0.25) is 15.1 Å². The number of aromatic amines is 1. The molecule has 0 saturated carbocycles. The predicted molar refractivity (Wildman–Crippen MR) is 109 cm³/mol. The van der Waals surface area contributed by atoms with Crippen LogP contribution in [0.25, 0.3) is 0 Å². The lowest BCUT2D eigenvalue weighted by Crippen LogP contribution is -2.45. The molecule has 0 unspecified atom stereocenters. The van der Waals surface area contributed by atoms with Crippen molar-refractivity contribution in [2.45, 2.75) is 32.1 Å². The third-order valence-corrected chi connectivity index (χ3v) is 4.64. The van der Waals surface area contributed by atoms with Crippen LogP contribution in [0.2, 0.25) is 0 Å². The average Bonchev–Trinajstić information content (AvgIpc) is 3.15. The second kappa shape index (κ2) is 9.69. The lowest BCUT2D eigenvalue weighted by molar-refractivity contribution is 0.299. The summed E-state index contributed by atoms with van der Waals surface area (Å²) in [6.45, 7) is 4.95. The van der Waals surface area contributed by atoms with E-state index in [4.69, 9.17) is 0 Å². The van der Waals surface area contributed by atoms with Crippen LogP contribution in [0.15, 0.2) is 29.8 Å². The number of rotatable bonds is 4. The van der Waals surface area contributed by atoms with E-state index < -0.39 is 0 Å². The Hall–Kier alpha value is -1.71. The summed E-state index contributed by atoms with van der Waals surface area (Å²) in [6.07, 6.45) is 8.47. The van der Waals surface area contributed by atoms with Crippen LogP contribution in [0.1, 0.15) is 35.7 Å². The molecular weight excluding hydrogens is 429 g/mol. The van der Waals surface area contributed by atoms with Crippen molar-refractivity contribution in [3.05, 3.63) is 41.7 Å². The molecule has 1 aliphatic rings. The van der Waals surface area contributed by atoms with Crippen molar-refractivity contribution in [2.75, 3.05) is 26.7 Å². The summed E-state index contributed by atoms with van der Waals surface area (Å²) in [4.78, 5) is 15.2. The highest BCUT2D eigenvalue weighted by molar-refractivity contribution is 14.0. The fourth-order valence-corrected chi connectivity index (χ4v) is 3.20. The van der Waals surface area contributed by atoms with Gasteiger partial charge in [-0.2, -0.15) is 5.10 Å². The van der Waals surface area contributed by atoms with Gasteiger partial charge in [0.2, 0.25) is 0 Å². The normalized spacial score (nSPS) is 15.8. The molecule has 0 bridgehead atoms. The summed E-state index contributed by atoms with van der Waals surface area (Å²) in [5.41, 5.74) is 2.57. The smallest absolute Gasteiger partial charge is 0.193 e. The van der Waals surface area contributed by atoms with Crippen molar-refractivity contribution in [3.8, 4) is 0 Å². The van der Waals surface area contributed by atoms with E-state index >= 15 is 0 Å². The summed E-state index contributed by atoms with van der Waals surface area (Å²) in [5, 5.41) is 10.4. The molecule has 1 aliphatic heterocycles. The van der Waals surface area contributed by atoms with Crippen LogP contribution in [0.3, 0.4) is 0 Å². The van der Waals surface area contributed by atoms with Crippen LogP contribution in [-0.2, 0) is 6.42 Å². The molecule has 0 aromatic carbocycles. The van der Waals surface area contributed by atoms with Crippen molar-refractivity contribution < 1.29 is 0 Å². The minimum absolute atomic E-state index is 0. The third-order valence-electron chi connectivity index (χ3n) is 4.64. The molecule has 8 heteroatoms. The van der Waals surface area contributed by atoms with Gasteiger partial charge in [-0.1, -0.05) is 0 Å². The Bertz CT molecular complexity index is 663. The first-order chi connectivity index (χ1) is 11.8. The largest absolute Gasteiger partial charge is 0.356 e. The third kappa shape index (κ3) is 5.13. The van der Waals surface area contributed by atoms with E-state index in [9.17, 15) is 0 Å². The molecule has 0 aliphatic carbocycles. The standard InChI is InChI=1S/C17H25N7.HI/c1-13-11-19-7-3-14(13)4-8-20-17(18-2)24-9-5-15(6-10-24)16-21-12-22-23-16;/h3,7,11-12,15H,4-6,8-10H2,1-2H3,(H,18,20)(H,21,22,23);1H. The fourth-order valence-electron chi connectivity index (χ4n) is 3.20. The Balaban J connectivity index is 0.00000225. The Morgan fingerprint density at radius 2 is 2.20 bits per heavy atom. The molecule has 2 N–H and O–H groups in total. The Morgan fingerprint density at radius 3 is 2.84 bits per heavy atom. The molecule has 1 fully saturated rings. The molecule has 2 aromatic heterocycles. The quantitative estimate of drug-likeness (QED) is 0.420. The SMILES string of the molecule is CN=C(NCCc1ccncc1C)N1CCC(c2ncn[nH]2)CC1.I. The number of hydrogen-bond acceptors (Lipinski definition) is 4. The minimum Gasteiger partial charge on any atom is -0.356 e. The molecule has 0 atom stereocenters. The van der Waals surface area contributed by atoms with Gasteiger partial charge in [0.05, 0.1) is 0 Å². The number of aromatic nitrogens is 4. The number of likely N-dealkylation sites (tertiary alicyclic amines) is 1. The number of nitrogens with one attached hydrogen (secondary N) is 2. The zero-order valence-electron chi connectivity index (χ0n) is 14.8. The Morgan fingerprint density at radius 1 is 1.40 bits per heavy atom. The predicted octanol–water partition coefficient (Wildman–Crippen LogP) is 2.12. The van der Waals surface area contributed by atoms with Crippen LogP contribution < -0.4 is 5.32 Å². The molecule has 136 valence electrons.